The Balaban J connectivity index is 1.21. The predicted molar refractivity (Wildman–Crippen MR) is 189 cm³/mol. The molecule has 9 aromatic rings. The molecule has 0 radical (unpaired) electrons. The lowest BCUT2D eigenvalue weighted by Gasteiger charge is -2.10. The molecule has 0 aliphatic carbocycles. The van der Waals surface area contributed by atoms with E-state index < -0.39 is 0 Å². The van der Waals surface area contributed by atoms with Crippen LogP contribution in [0.3, 0.4) is 0 Å². The molecule has 9 rings (SSSR count). The number of thiophene rings is 1. The molecule has 3 heterocycles. The minimum absolute atomic E-state index is 0.730. The van der Waals surface area contributed by atoms with Crippen LogP contribution in [0.2, 0.25) is 0 Å². The summed E-state index contributed by atoms with van der Waals surface area (Å²) < 4.78 is 8.56. The quantitative estimate of drug-likeness (QED) is 0.203. The molecular formula is C41H26N2OS. The van der Waals surface area contributed by atoms with Gasteiger partial charge < -0.3 is 4.42 Å². The average Bonchev–Trinajstić information content (AvgIpc) is 3.68. The third kappa shape index (κ3) is 4.26. The maximum Gasteiger partial charge on any atom is 0.160 e. The molecule has 0 spiro atoms. The summed E-state index contributed by atoms with van der Waals surface area (Å²) in [6.07, 6.45) is 0. The number of furan rings is 1. The molecule has 4 heteroatoms. The molecule has 0 fully saturated rings. The fourth-order valence-electron chi connectivity index (χ4n) is 6.47. The minimum atomic E-state index is 0.730. The number of benzene rings is 6. The van der Waals surface area contributed by atoms with Gasteiger partial charge in [-0.2, -0.15) is 0 Å². The molecule has 0 bridgehead atoms. The Hall–Kier alpha value is -5.58. The summed E-state index contributed by atoms with van der Waals surface area (Å²) in [5.41, 5.74) is 11.7. The van der Waals surface area contributed by atoms with Gasteiger partial charge in [0.25, 0.3) is 0 Å². The van der Waals surface area contributed by atoms with Crippen LogP contribution in [0.1, 0.15) is 5.56 Å². The van der Waals surface area contributed by atoms with E-state index in [1.54, 1.807) is 11.3 Å². The van der Waals surface area contributed by atoms with Gasteiger partial charge in [-0.15, -0.1) is 11.3 Å². The second kappa shape index (κ2) is 10.3. The van der Waals surface area contributed by atoms with Gasteiger partial charge in [0.2, 0.25) is 0 Å². The molecule has 0 saturated carbocycles. The molecule has 212 valence electrons. The molecule has 0 saturated heterocycles. The van der Waals surface area contributed by atoms with Gasteiger partial charge in [0, 0.05) is 32.0 Å². The fraction of sp³-hybridized carbons (Fsp3) is 0.0244. The second-order valence-electron chi connectivity index (χ2n) is 11.4. The van der Waals surface area contributed by atoms with Crippen LogP contribution < -0.4 is 0 Å². The number of fused-ring (bicyclic) bond motifs is 6. The molecule has 45 heavy (non-hydrogen) atoms. The molecular weight excluding hydrogens is 569 g/mol. The van der Waals surface area contributed by atoms with Crippen LogP contribution >= 0.6 is 11.3 Å². The van der Waals surface area contributed by atoms with Crippen molar-refractivity contribution in [1.29, 1.82) is 0 Å². The number of rotatable bonds is 4. The summed E-state index contributed by atoms with van der Waals surface area (Å²) >= 11 is 1.76. The SMILES string of the molecule is Cc1cccc2oc3cccc(-c4ccc(-c5nc(-c6cccc(-c7ccccc7)c6)nc6c5sc5ccccc56)cc4)c3c12. The highest BCUT2D eigenvalue weighted by molar-refractivity contribution is 7.26. The first kappa shape index (κ1) is 25.9. The van der Waals surface area contributed by atoms with Crippen LogP contribution in [0.25, 0.3) is 87.1 Å². The number of aryl methyl sites for hydroxylation is 1. The van der Waals surface area contributed by atoms with Gasteiger partial charge in [0.15, 0.2) is 5.82 Å². The zero-order valence-corrected chi connectivity index (χ0v) is 25.3. The van der Waals surface area contributed by atoms with Crippen LogP contribution in [0.15, 0.2) is 144 Å². The molecule has 0 aliphatic rings. The van der Waals surface area contributed by atoms with Gasteiger partial charge >= 0.3 is 0 Å². The lowest BCUT2D eigenvalue weighted by atomic mass is 9.96. The Bertz CT molecular complexity index is 2540. The van der Waals surface area contributed by atoms with E-state index in [9.17, 15) is 0 Å². The van der Waals surface area contributed by atoms with E-state index in [1.165, 1.54) is 26.8 Å². The highest BCUT2D eigenvalue weighted by atomic mass is 32.1. The van der Waals surface area contributed by atoms with E-state index in [0.29, 0.717) is 0 Å². The van der Waals surface area contributed by atoms with Gasteiger partial charge in [0.1, 0.15) is 11.2 Å². The number of hydrogen-bond acceptors (Lipinski definition) is 4. The van der Waals surface area contributed by atoms with Crippen molar-refractivity contribution in [3.05, 3.63) is 145 Å². The van der Waals surface area contributed by atoms with Crippen molar-refractivity contribution in [3.8, 4) is 44.9 Å². The molecule has 0 N–H and O–H groups in total. The molecule has 0 atom stereocenters. The Morgan fingerprint density at radius 2 is 1.22 bits per heavy atom. The number of aromatic nitrogens is 2. The predicted octanol–water partition coefficient (Wildman–Crippen LogP) is 11.7. The van der Waals surface area contributed by atoms with E-state index >= 15 is 0 Å². The summed E-state index contributed by atoms with van der Waals surface area (Å²) in [5.74, 6) is 0.730. The van der Waals surface area contributed by atoms with E-state index in [2.05, 4.69) is 134 Å². The van der Waals surface area contributed by atoms with E-state index in [-0.39, 0.29) is 0 Å². The van der Waals surface area contributed by atoms with Gasteiger partial charge in [-0.05, 0) is 59.0 Å². The smallest absolute Gasteiger partial charge is 0.160 e. The Morgan fingerprint density at radius 1 is 0.533 bits per heavy atom. The standard InChI is InChI=1S/C41H26N2OS/c1-25-10-7-17-33-36(25)37-31(16-9-18-34(37)44-33)27-20-22-28(23-21-27)38-40-39(32-15-5-6-19-35(32)45-40)43-41(42-38)30-14-8-13-29(24-30)26-11-3-2-4-12-26/h2-24H,1H3. The zero-order chi connectivity index (χ0) is 29.9. The normalized spacial score (nSPS) is 11.7. The summed E-state index contributed by atoms with van der Waals surface area (Å²) in [5, 5.41) is 3.50. The fourth-order valence-corrected chi connectivity index (χ4v) is 7.62. The number of nitrogens with zero attached hydrogens (tertiary/aromatic N) is 2. The first-order chi connectivity index (χ1) is 22.2. The zero-order valence-electron chi connectivity index (χ0n) is 24.5. The summed E-state index contributed by atoms with van der Waals surface area (Å²) in [6.45, 7) is 2.15. The Labute approximate surface area is 264 Å². The summed E-state index contributed by atoms with van der Waals surface area (Å²) in [6, 6.07) is 48.9. The highest BCUT2D eigenvalue weighted by Gasteiger charge is 2.18. The minimum Gasteiger partial charge on any atom is -0.456 e. The Kier molecular flexibility index (Phi) is 5.90. The van der Waals surface area contributed by atoms with E-state index in [1.807, 2.05) is 12.1 Å². The largest absolute Gasteiger partial charge is 0.456 e. The molecule has 3 nitrogen and oxygen atoms in total. The van der Waals surface area contributed by atoms with Gasteiger partial charge in [-0.25, -0.2) is 9.97 Å². The average molecular weight is 595 g/mol. The van der Waals surface area contributed by atoms with Crippen molar-refractivity contribution in [2.45, 2.75) is 6.92 Å². The van der Waals surface area contributed by atoms with Crippen LogP contribution in [-0.4, -0.2) is 9.97 Å². The molecule has 6 aromatic carbocycles. The monoisotopic (exact) mass is 594 g/mol. The van der Waals surface area contributed by atoms with Gasteiger partial charge in [-0.1, -0.05) is 115 Å². The first-order valence-electron chi connectivity index (χ1n) is 15.1. The maximum atomic E-state index is 6.24. The van der Waals surface area contributed by atoms with Gasteiger partial charge in [0.05, 0.1) is 15.9 Å². The third-order valence-corrected chi connectivity index (χ3v) is 9.81. The second-order valence-corrected chi connectivity index (χ2v) is 12.5. The van der Waals surface area contributed by atoms with Gasteiger partial charge in [-0.3, -0.25) is 0 Å². The first-order valence-corrected chi connectivity index (χ1v) is 15.9. The van der Waals surface area contributed by atoms with Crippen LogP contribution in [0, 0.1) is 6.92 Å². The van der Waals surface area contributed by atoms with Crippen molar-refractivity contribution in [2.24, 2.45) is 0 Å². The van der Waals surface area contributed by atoms with E-state index in [4.69, 9.17) is 14.4 Å². The molecule has 0 amide bonds. The van der Waals surface area contributed by atoms with Crippen molar-refractivity contribution in [2.75, 3.05) is 0 Å². The van der Waals surface area contributed by atoms with Crippen molar-refractivity contribution < 1.29 is 4.42 Å². The summed E-state index contributed by atoms with van der Waals surface area (Å²) in [7, 11) is 0. The van der Waals surface area contributed by atoms with Crippen LogP contribution in [0.4, 0.5) is 0 Å². The van der Waals surface area contributed by atoms with Crippen LogP contribution in [0.5, 0.6) is 0 Å². The van der Waals surface area contributed by atoms with Crippen molar-refractivity contribution >= 4 is 53.6 Å². The third-order valence-electron chi connectivity index (χ3n) is 8.65. The Morgan fingerprint density at radius 3 is 2.09 bits per heavy atom. The van der Waals surface area contributed by atoms with Crippen molar-refractivity contribution in [3.63, 3.8) is 0 Å². The lowest BCUT2D eigenvalue weighted by Crippen LogP contribution is -1.94. The maximum absolute atomic E-state index is 6.24. The molecule has 0 unspecified atom stereocenters. The molecule has 3 aromatic heterocycles. The van der Waals surface area contributed by atoms with Crippen LogP contribution in [-0.2, 0) is 0 Å². The van der Waals surface area contributed by atoms with E-state index in [0.717, 1.165) is 65.9 Å². The topological polar surface area (TPSA) is 38.9 Å². The molecule has 0 aliphatic heterocycles. The number of hydrogen-bond donors (Lipinski definition) is 0. The summed E-state index contributed by atoms with van der Waals surface area (Å²) in [4.78, 5) is 10.4. The lowest BCUT2D eigenvalue weighted by molar-refractivity contribution is 0.669. The highest BCUT2D eigenvalue weighted by Crippen LogP contribution is 2.42. The van der Waals surface area contributed by atoms with Crippen molar-refractivity contribution in [1.82, 2.24) is 9.97 Å².